The van der Waals surface area contributed by atoms with E-state index in [9.17, 15) is 9.59 Å². The first-order chi connectivity index (χ1) is 9.58. The first-order valence-electron chi connectivity index (χ1n) is 5.73. The number of hydrogen-bond acceptors (Lipinski definition) is 3. The predicted molar refractivity (Wildman–Crippen MR) is 73.7 cm³/mol. The smallest absolute Gasteiger partial charge is 0.410 e. The van der Waals surface area contributed by atoms with Crippen LogP contribution in [-0.2, 0) is 0 Å². The van der Waals surface area contributed by atoms with Crippen molar-refractivity contribution in [3.8, 4) is 16.9 Å². The van der Waals surface area contributed by atoms with Crippen LogP contribution in [-0.4, -0.2) is 17.3 Å². The third-order valence-electron chi connectivity index (χ3n) is 2.54. The van der Waals surface area contributed by atoms with E-state index in [0.29, 0.717) is 5.56 Å². The maximum absolute atomic E-state index is 11.0. The van der Waals surface area contributed by atoms with Gasteiger partial charge in [0, 0.05) is 5.56 Å². The Hall–Kier alpha value is -3.02. The molecule has 0 aliphatic rings. The minimum absolute atomic E-state index is 0.0774. The van der Waals surface area contributed by atoms with Crippen LogP contribution in [0.3, 0.4) is 0 Å². The van der Waals surface area contributed by atoms with Gasteiger partial charge in [-0.25, -0.2) is 9.59 Å². The van der Waals surface area contributed by atoms with Gasteiger partial charge >= 0.3 is 12.2 Å². The van der Waals surface area contributed by atoms with Gasteiger partial charge in [-0.3, -0.25) is 5.32 Å². The summed E-state index contributed by atoms with van der Waals surface area (Å²) in [6.45, 7) is 0. The summed E-state index contributed by atoms with van der Waals surface area (Å²) in [7, 11) is 0. The number of rotatable bonds is 3. The fraction of sp³-hybridized carbons (Fsp3) is 0. The Morgan fingerprint density at radius 1 is 1.05 bits per heavy atom. The van der Waals surface area contributed by atoms with Crippen LogP contribution in [0.25, 0.3) is 11.1 Å². The molecule has 0 aliphatic heterocycles. The maximum Gasteiger partial charge on any atom is 0.410 e. The molecular weight excluding hydrogens is 260 g/mol. The average molecular weight is 272 g/mol. The van der Waals surface area contributed by atoms with Gasteiger partial charge in [0.2, 0.25) is 0 Å². The molecule has 2 aromatic rings. The van der Waals surface area contributed by atoms with Crippen molar-refractivity contribution in [2.75, 3.05) is 5.32 Å². The molecule has 6 heteroatoms. The quantitative estimate of drug-likeness (QED) is 0.799. The summed E-state index contributed by atoms with van der Waals surface area (Å²) in [5.74, 6) is 0.0774. The average Bonchev–Trinajstić information content (AvgIpc) is 2.40. The van der Waals surface area contributed by atoms with Gasteiger partial charge in [-0.1, -0.05) is 42.5 Å². The number of para-hydroxylation sites is 1. The van der Waals surface area contributed by atoms with E-state index in [-0.39, 0.29) is 11.4 Å². The molecule has 2 amide bonds. The highest BCUT2D eigenvalue weighted by Crippen LogP contribution is 2.36. The van der Waals surface area contributed by atoms with E-state index in [0.717, 1.165) is 5.56 Å². The molecule has 6 nitrogen and oxygen atoms in total. The van der Waals surface area contributed by atoms with Crippen LogP contribution in [0.1, 0.15) is 0 Å². The fourth-order valence-electron chi connectivity index (χ4n) is 1.81. The largest absolute Gasteiger partial charge is 0.465 e. The van der Waals surface area contributed by atoms with Crippen LogP contribution in [0, 0.1) is 0 Å². The van der Waals surface area contributed by atoms with Crippen molar-refractivity contribution in [3.63, 3.8) is 0 Å². The molecule has 2 aromatic carbocycles. The number of carboxylic acid groups (broad SMARTS) is 1. The number of anilines is 1. The summed E-state index contributed by atoms with van der Waals surface area (Å²) in [6.07, 6.45) is -2.27. The summed E-state index contributed by atoms with van der Waals surface area (Å²) >= 11 is 0. The van der Waals surface area contributed by atoms with Crippen molar-refractivity contribution in [2.24, 2.45) is 5.73 Å². The lowest BCUT2D eigenvalue weighted by Gasteiger charge is -2.13. The van der Waals surface area contributed by atoms with Crippen LogP contribution in [0.5, 0.6) is 5.75 Å². The third kappa shape index (κ3) is 3.05. The maximum atomic E-state index is 11.0. The molecule has 0 unspecified atom stereocenters. The van der Waals surface area contributed by atoms with Gasteiger partial charge in [-0.05, 0) is 11.6 Å². The van der Waals surface area contributed by atoms with E-state index in [2.05, 4.69) is 5.32 Å². The third-order valence-corrected chi connectivity index (χ3v) is 2.54. The van der Waals surface area contributed by atoms with E-state index in [1.54, 1.807) is 12.1 Å². The van der Waals surface area contributed by atoms with Gasteiger partial charge in [0.25, 0.3) is 0 Å². The summed E-state index contributed by atoms with van der Waals surface area (Å²) in [5.41, 5.74) is 6.53. The van der Waals surface area contributed by atoms with Crippen LogP contribution in [0.4, 0.5) is 15.3 Å². The number of ether oxygens (including phenoxy) is 1. The highest BCUT2D eigenvalue weighted by molar-refractivity contribution is 5.90. The molecule has 102 valence electrons. The van der Waals surface area contributed by atoms with Gasteiger partial charge in [0.15, 0.2) is 5.75 Å². The van der Waals surface area contributed by atoms with E-state index in [4.69, 9.17) is 15.6 Å². The number of hydrogen-bond donors (Lipinski definition) is 3. The number of benzene rings is 2. The van der Waals surface area contributed by atoms with Gasteiger partial charge in [-0.2, -0.15) is 0 Å². The second-order valence-electron chi connectivity index (χ2n) is 3.90. The molecule has 0 radical (unpaired) electrons. The van der Waals surface area contributed by atoms with Gasteiger partial charge in [0.05, 0.1) is 5.69 Å². The molecule has 0 heterocycles. The zero-order valence-electron chi connectivity index (χ0n) is 10.4. The number of carbonyl (C=O) groups excluding carboxylic acids is 1. The standard InChI is InChI=1S/C14H12N2O4/c15-13(17)20-12-10(9-5-2-1-3-6-9)7-4-8-11(12)16-14(18)19/h1-8,16H,(H2,15,17)(H,18,19). The van der Waals surface area contributed by atoms with Gasteiger partial charge in [0.1, 0.15) is 0 Å². The van der Waals surface area contributed by atoms with Crippen molar-refractivity contribution in [1.29, 1.82) is 0 Å². The first-order valence-corrected chi connectivity index (χ1v) is 5.73. The number of nitrogens with two attached hydrogens (primary N) is 1. The molecule has 0 saturated heterocycles. The Morgan fingerprint density at radius 3 is 2.35 bits per heavy atom. The highest BCUT2D eigenvalue weighted by Gasteiger charge is 2.15. The van der Waals surface area contributed by atoms with E-state index in [1.807, 2.05) is 30.3 Å². The molecule has 0 spiro atoms. The zero-order chi connectivity index (χ0) is 14.5. The molecule has 0 aromatic heterocycles. The predicted octanol–water partition coefficient (Wildman–Crippen LogP) is 2.90. The first kappa shape index (κ1) is 13.4. The van der Waals surface area contributed by atoms with Crippen molar-refractivity contribution in [3.05, 3.63) is 48.5 Å². The fourth-order valence-corrected chi connectivity index (χ4v) is 1.81. The SMILES string of the molecule is NC(=O)Oc1c(NC(=O)O)cccc1-c1ccccc1. The van der Waals surface area contributed by atoms with E-state index in [1.165, 1.54) is 6.07 Å². The Labute approximate surface area is 114 Å². The van der Waals surface area contributed by atoms with Crippen LogP contribution >= 0.6 is 0 Å². The summed E-state index contributed by atoms with van der Waals surface area (Å²) in [5, 5.41) is 11.0. The number of nitrogens with one attached hydrogen (secondary N) is 1. The number of carbonyl (C=O) groups is 2. The lowest BCUT2D eigenvalue weighted by molar-refractivity contribution is 0.207. The van der Waals surface area contributed by atoms with Crippen molar-refractivity contribution >= 4 is 17.9 Å². The lowest BCUT2D eigenvalue weighted by atomic mass is 10.0. The molecule has 0 saturated carbocycles. The molecular formula is C14H12N2O4. The van der Waals surface area contributed by atoms with Crippen molar-refractivity contribution < 1.29 is 19.4 Å². The summed E-state index contributed by atoms with van der Waals surface area (Å²) < 4.78 is 4.94. The van der Waals surface area contributed by atoms with Gasteiger partial charge in [-0.15, -0.1) is 0 Å². The zero-order valence-corrected chi connectivity index (χ0v) is 10.4. The molecule has 0 fully saturated rings. The van der Waals surface area contributed by atoms with Crippen LogP contribution in [0.15, 0.2) is 48.5 Å². The molecule has 2 rings (SSSR count). The molecule has 20 heavy (non-hydrogen) atoms. The monoisotopic (exact) mass is 272 g/mol. The molecule has 0 bridgehead atoms. The number of amides is 2. The minimum atomic E-state index is -1.26. The number of primary amides is 1. The van der Waals surface area contributed by atoms with Gasteiger partial charge < -0.3 is 15.6 Å². The Balaban J connectivity index is 2.55. The summed E-state index contributed by atoms with van der Waals surface area (Å²) in [6, 6.07) is 14.0. The second-order valence-corrected chi connectivity index (χ2v) is 3.90. The van der Waals surface area contributed by atoms with E-state index >= 15 is 0 Å². The second kappa shape index (κ2) is 5.75. The minimum Gasteiger partial charge on any atom is -0.465 e. The van der Waals surface area contributed by atoms with E-state index < -0.39 is 12.2 Å². The Morgan fingerprint density at radius 2 is 1.75 bits per heavy atom. The topological polar surface area (TPSA) is 102 Å². The summed E-state index contributed by atoms with van der Waals surface area (Å²) in [4.78, 5) is 21.8. The van der Waals surface area contributed by atoms with Crippen LogP contribution < -0.4 is 15.8 Å². The molecule has 4 N–H and O–H groups in total. The normalized spacial score (nSPS) is 9.80. The lowest BCUT2D eigenvalue weighted by Crippen LogP contribution is -2.18. The van der Waals surface area contributed by atoms with Crippen molar-refractivity contribution in [2.45, 2.75) is 0 Å². The molecule has 0 aliphatic carbocycles. The Kier molecular flexibility index (Phi) is 3.85. The highest BCUT2D eigenvalue weighted by atomic mass is 16.5. The molecule has 0 atom stereocenters. The van der Waals surface area contributed by atoms with Crippen molar-refractivity contribution in [1.82, 2.24) is 0 Å². The Bertz CT molecular complexity index is 641. The van der Waals surface area contributed by atoms with Crippen LogP contribution in [0.2, 0.25) is 0 Å².